The minimum absolute atomic E-state index is 0.204. The van der Waals surface area contributed by atoms with Crippen molar-refractivity contribution in [3.63, 3.8) is 0 Å². The Bertz CT molecular complexity index is 1110. The Kier molecular flexibility index (Phi) is 5.55. The average molecular weight is 426 g/mol. The second-order valence-electron chi connectivity index (χ2n) is 6.13. The van der Waals surface area contributed by atoms with E-state index < -0.39 is 0 Å². The van der Waals surface area contributed by atoms with E-state index >= 15 is 0 Å². The van der Waals surface area contributed by atoms with Crippen LogP contribution in [-0.2, 0) is 6.61 Å². The quantitative estimate of drug-likeness (QED) is 0.466. The summed E-state index contributed by atoms with van der Waals surface area (Å²) in [6.07, 6.45) is 1.45. The molecule has 2 heterocycles. The first-order valence-electron chi connectivity index (χ1n) is 8.70. The van der Waals surface area contributed by atoms with Crippen molar-refractivity contribution in [2.24, 2.45) is 0 Å². The summed E-state index contributed by atoms with van der Waals surface area (Å²) in [6.45, 7) is 2.09. The van der Waals surface area contributed by atoms with Crippen molar-refractivity contribution < 1.29 is 9.53 Å². The fourth-order valence-electron chi connectivity index (χ4n) is 2.64. The fraction of sp³-hybridized carbons (Fsp3) is 0.100. The number of carbonyl (C=O) groups excluding carboxylic acids is 1. The Morgan fingerprint density at radius 2 is 1.93 bits per heavy atom. The van der Waals surface area contributed by atoms with Crippen molar-refractivity contribution in [3.05, 3.63) is 75.5 Å². The van der Waals surface area contributed by atoms with Gasteiger partial charge in [0.1, 0.15) is 28.6 Å². The molecule has 0 aliphatic carbocycles. The van der Waals surface area contributed by atoms with Gasteiger partial charge in [0.15, 0.2) is 5.82 Å². The van der Waals surface area contributed by atoms with Gasteiger partial charge in [0.25, 0.3) is 5.91 Å². The number of halogens is 1. The molecule has 4 aromatic rings. The predicted molar refractivity (Wildman–Crippen MR) is 112 cm³/mol. The number of aromatic nitrogens is 4. The van der Waals surface area contributed by atoms with Crippen LogP contribution >= 0.6 is 22.9 Å². The van der Waals surface area contributed by atoms with E-state index in [0.29, 0.717) is 32.9 Å². The normalized spacial score (nSPS) is 10.7. The van der Waals surface area contributed by atoms with Gasteiger partial charge in [-0.15, -0.1) is 11.3 Å². The van der Waals surface area contributed by atoms with Crippen LogP contribution in [0.15, 0.2) is 54.9 Å². The minimum atomic E-state index is -0.204. The number of amides is 1. The summed E-state index contributed by atoms with van der Waals surface area (Å²) < 4.78 is 5.71. The van der Waals surface area contributed by atoms with Gasteiger partial charge in [0.05, 0.1) is 5.69 Å². The summed E-state index contributed by atoms with van der Waals surface area (Å²) in [7, 11) is 0. The molecule has 1 amide bonds. The van der Waals surface area contributed by atoms with E-state index in [2.05, 4.69) is 25.5 Å². The van der Waals surface area contributed by atoms with Gasteiger partial charge in [0, 0.05) is 16.3 Å². The second kappa shape index (κ2) is 8.42. The Hall–Kier alpha value is -3.23. The predicted octanol–water partition coefficient (Wildman–Crippen LogP) is 4.72. The number of aryl methyl sites for hydroxylation is 1. The lowest BCUT2D eigenvalue weighted by Gasteiger charge is -2.05. The van der Waals surface area contributed by atoms with E-state index in [1.807, 2.05) is 31.2 Å². The number of hydrogen-bond acceptors (Lipinski definition) is 6. The third kappa shape index (κ3) is 4.61. The van der Waals surface area contributed by atoms with Crippen molar-refractivity contribution in [3.8, 4) is 17.1 Å². The fourth-order valence-corrected chi connectivity index (χ4v) is 3.64. The van der Waals surface area contributed by atoms with Crippen molar-refractivity contribution >= 4 is 34.5 Å². The molecule has 0 bridgehead atoms. The number of carbonyl (C=O) groups is 1. The van der Waals surface area contributed by atoms with Crippen molar-refractivity contribution in [2.45, 2.75) is 13.5 Å². The first-order valence-corrected chi connectivity index (χ1v) is 9.90. The lowest BCUT2D eigenvalue weighted by Crippen LogP contribution is -2.11. The summed E-state index contributed by atoms with van der Waals surface area (Å²) in [4.78, 5) is 21.7. The molecule has 2 aromatic carbocycles. The van der Waals surface area contributed by atoms with Gasteiger partial charge in [-0.3, -0.25) is 9.89 Å². The van der Waals surface area contributed by atoms with E-state index in [4.69, 9.17) is 16.3 Å². The zero-order valence-electron chi connectivity index (χ0n) is 15.3. The third-order valence-corrected chi connectivity index (χ3v) is 5.44. The number of rotatable bonds is 6. The molecule has 0 radical (unpaired) electrons. The van der Waals surface area contributed by atoms with Crippen LogP contribution in [0.25, 0.3) is 11.4 Å². The smallest absolute Gasteiger partial charge is 0.267 e. The molecular weight excluding hydrogens is 410 g/mol. The first-order chi connectivity index (χ1) is 14.1. The summed E-state index contributed by atoms with van der Waals surface area (Å²) in [6, 6.07) is 14.5. The van der Waals surface area contributed by atoms with Crippen LogP contribution in [0.1, 0.15) is 20.4 Å². The molecule has 29 heavy (non-hydrogen) atoms. The minimum Gasteiger partial charge on any atom is -0.486 e. The Morgan fingerprint density at radius 1 is 1.17 bits per heavy atom. The van der Waals surface area contributed by atoms with Crippen LogP contribution in [-0.4, -0.2) is 26.1 Å². The molecule has 7 nitrogen and oxygen atoms in total. The highest BCUT2D eigenvalue weighted by Crippen LogP contribution is 2.23. The van der Waals surface area contributed by atoms with Crippen molar-refractivity contribution in [1.29, 1.82) is 0 Å². The summed E-state index contributed by atoms with van der Waals surface area (Å²) in [5.74, 6) is 1.16. The van der Waals surface area contributed by atoms with Gasteiger partial charge in [0.2, 0.25) is 0 Å². The molecule has 0 aliphatic rings. The van der Waals surface area contributed by atoms with E-state index in [9.17, 15) is 4.79 Å². The zero-order chi connectivity index (χ0) is 20.2. The Labute approximate surface area is 175 Å². The molecule has 4 rings (SSSR count). The average Bonchev–Trinajstić information content (AvgIpc) is 3.38. The molecule has 0 unspecified atom stereocenters. The largest absolute Gasteiger partial charge is 0.486 e. The van der Waals surface area contributed by atoms with Gasteiger partial charge in [-0.05, 0) is 55.5 Å². The van der Waals surface area contributed by atoms with Gasteiger partial charge in [-0.1, -0.05) is 11.6 Å². The van der Waals surface area contributed by atoms with Crippen LogP contribution in [0.4, 0.5) is 5.69 Å². The maximum Gasteiger partial charge on any atom is 0.267 e. The summed E-state index contributed by atoms with van der Waals surface area (Å²) in [5, 5.41) is 10.9. The first kappa shape index (κ1) is 19.1. The van der Waals surface area contributed by atoms with Crippen LogP contribution in [0, 0.1) is 6.92 Å². The zero-order valence-corrected chi connectivity index (χ0v) is 16.9. The summed E-state index contributed by atoms with van der Waals surface area (Å²) in [5.41, 5.74) is 2.24. The van der Waals surface area contributed by atoms with Crippen LogP contribution in [0.5, 0.6) is 5.75 Å². The highest BCUT2D eigenvalue weighted by molar-refractivity contribution is 7.13. The summed E-state index contributed by atoms with van der Waals surface area (Å²) >= 11 is 7.18. The van der Waals surface area contributed by atoms with Crippen LogP contribution in [0.2, 0.25) is 5.02 Å². The number of thiazole rings is 1. The van der Waals surface area contributed by atoms with Crippen LogP contribution in [0.3, 0.4) is 0 Å². The van der Waals surface area contributed by atoms with E-state index in [1.165, 1.54) is 17.7 Å². The number of nitrogens with zero attached hydrogens (tertiary/aromatic N) is 3. The molecule has 0 saturated carbocycles. The second-order valence-corrected chi connectivity index (χ2v) is 7.65. The van der Waals surface area contributed by atoms with Crippen molar-refractivity contribution in [1.82, 2.24) is 20.2 Å². The Morgan fingerprint density at radius 3 is 2.62 bits per heavy atom. The number of ether oxygens (including phenoxy) is 1. The maximum absolute atomic E-state index is 12.6. The topological polar surface area (TPSA) is 92.8 Å². The third-order valence-electron chi connectivity index (χ3n) is 4.05. The standard InChI is InChI=1S/C20H16ClN5O2S/c1-12-18(29-17(24-12)10-28-16-8-4-14(21)5-9-16)20(27)25-15-6-2-13(3-7-15)19-22-11-23-26-19/h2-9,11H,10H2,1H3,(H,25,27)(H,22,23,26). The number of benzene rings is 2. The molecule has 0 fully saturated rings. The van der Waals surface area contributed by atoms with E-state index in [1.54, 1.807) is 24.3 Å². The number of nitrogens with one attached hydrogen (secondary N) is 2. The van der Waals surface area contributed by atoms with Crippen LogP contribution < -0.4 is 10.1 Å². The highest BCUT2D eigenvalue weighted by atomic mass is 35.5. The molecule has 2 aromatic heterocycles. The molecule has 146 valence electrons. The Balaban J connectivity index is 1.40. The van der Waals surface area contributed by atoms with Crippen molar-refractivity contribution in [2.75, 3.05) is 5.32 Å². The number of H-pyrrole nitrogens is 1. The molecule has 0 spiro atoms. The van der Waals surface area contributed by atoms with E-state index in [0.717, 1.165) is 10.6 Å². The molecule has 0 atom stereocenters. The molecular formula is C20H16ClN5O2S. The molecule has 0 saturated heterocycles. The highest BCUT2D eigenvalue weighted by Gasteiger charge is 2.16. The van der Waals surface area contributed by atoms with Gasteiger partial charge in [-0.2, -0.15) is 5.10 Å². The molecule has 0 aliphatic heterocycles. The number of hydrogen-bond donors (Lipinski definition) is 2. The number of anilines is 1. The SMILES string of the molecule is Cc1nc(COc2ccc(Cl)cc2)sc1C(=O)Nc1ccc(-c2ncn[nH]2)cc1. The number of aromatic amines is 1. The monoisotopic (exact) mass is 425 g/mol. The lowest BCUT2D eigenvalue weighted by atomic mass is 10.2. The van der Waals surface area contributed by atoms with Gasteiger partial charge >= 0.3 is 0 Å². The maximum atomic E-state index is 12.6. The lowest BCUT2D eigenvalue weighted by molar-refractivity contribution is 0.103. The van der Waals surface area contributed by atoms with Gasteiger partial charge in [-0.25, -0.2) is 9.97 Å². The van der Waals surface area contributed by atoms with Gasteiger partial charge < -0.3 is 10.1 Å². The van der Waals surface area contributed by atoms with E-state index in [-0.39, 0.29) is 12.5 Å². The molecule has 9 heteroatoms. The molecule has 2 N–H and O–H groups in total.